The van der Waals surface area contributed by atoms with Crippen LogP contribution in [0.5, 0.6) is 0 Å². The third-order valence-electron chi connectivity index (χ3n) is 2.81. The summed E-state index contributed by atoms with van der Waals surface area (Å²) in [5.74, 6) is 0.963. The van der Waals surface area contributed by atoms with Gasteiger partial charge in [-0.1, -0.05) is 6.07 Å². The van der Waals surface area contributed by atoms with Crippen LogP contribution in [-0.2, 0) is 6.54 Å². The van der Waals surface area contributed by atoms with Gasteiger partial charge in [0.05, 0.1) is 17.8 Å². The van der Waals surface area contributed by atoms with Crippen molar-refractivity contribution in [2.45, 2.75) is 13.5 Å². The molecular formula is C13H11IN4. The highest BCUT2D eigenvalue weighted by Crippen LogP contribution is 2.17. The molecule has 0 unspecified atom stereocenters. The average molecular weight is 350 g/mol. The van der Waals surface area contributed by atoms with E-state index in [1.54, 1.807) is 0 Å². The maximum absolute atomic E-state index is 4.47. The Morgan fingerprint density at radius 2 is 2.17 bits per heavy atom. The average Bonchev–Trinajstić information content (AvgIpc) is 2.67. The van der Waals surface area contributed by atoms with Crippen LogP contribution < -0.4 is 0 Å². The van der Waals surface area contributed by atoms with Crippen molar-refractivity contribution in [3.63, 3.8) is 0 Å². The molecular weight excluding hydrogens is 339 g/mol. The van der Waals surface area contributed by atoms with Gasteiger partial charge in [0.25, 0.3) is 0 Å². The molecule has 0 amide bonds. The third kappa shape index (κ3) is 2.10. The van der Waals surface area contributed by atoms with Gasteiger partial charge in [-0.25, -0.2) is 9.97 Å². The molecule has 4 nitrogen and oxygen atoms in total. The Kier molecular flexibility index (Phi) is 2.99. The number of nitrogens with zero attached hydrogens (tertiary/aromatic N) is 4. The van der Waals surface area contributed by atoms with Gasteiger partial charge in [0, 0.05) is 16.0 Å². The second kappa shape index (κ2) is 4.64. The summed E-state index contributed by atoms with van der Waals surface area (Å²) in [6.07, 6.45) is 3.65. The molecule has 90 valence electrons. The zero-order chi connectivity index (χ0) is 12.5. The minimum Gasteiger partial charge on any atom is -0.321 e. The quantitative estimate of drug-likeness (QED) is 0.668. The molecule has 0 aliphatic carbocycles. The van der Waals surface area contributed by atoms with Gasteiger partial charge in [-0.3, -0.25) is 4.98 Å². The van der Waals surface area contributed by atoms with Crippen molar-refractivity contribution >= 4 is 33.8 Å². The number of halogens is 1. The number of rotatable bonds is 2. The molecule has 0 bridgehead atoms. The smallest absolute Gasteiger partial charge is 0.177 e. The predicted octanol–water partition coefficient (Wildman–Crippen LogP) is 2.79. The van der Waals surface area contributed by atoms with E-state index in [0.717, 1.165) is 32.8 Å². The molecule has 0 saturated carbocycles. The van der Waals surface area contributed by atoms with Crippen molar-refractivity contribution in [2.24, 2.45) is 0 Å². The summed E-state index contributed by atoms with van der Waals surface area (Å²) in [4.78, 5) is 13.2. The monoisotopic (exact) mass is 350 g/mol. The maximum atomic E-state index is 4.47. The summed E-state index contributed by atoms with van der Waals surface area (Å²) in [6, 6.07) is 8.05. The van der Waals surface area contributed by atoms with Gasteiger partial charge in [0.1, 0.15) is 5.82 Å². The molecule has 3 aromatic rings. The van der Waals surface area contributed by atoms with Crippen molar-refractivity contribution in [2.75, 3.05) is 0 Å². The van der Waals surface area contributed by atoms with Gasteiger partial charge in [0.2, 0.25) is 0 Å². The molecule has 0 N–H and O–H groups in total. The van der Waals surface area contributed by atoms with Gasteiger partial charge < -0.3 is 4.57 Å². The zero-order valence-corrected chi connectivity index (χ0v) is 12.0. The Bertz CT molecular complexity index is 691. The van der Waals surface area contributed by atoms with Crippen molar-refractivity contribution in [1.82, 2.24) is 19.5 Å². The largest absolute Gasteiger partial charge is 0.321 e. The van der Waals surface area contributed by atoms with Crippen LogP contribution in [0.4, 0.5) is 0 Å². The van der Waals surface area contributed by atoms with Crippen LogP contribution in [0.2, 0.25) is 0 Å². The fraction of sp³-hybridized carbons (Fsp3) is 0.154. The Morgan fingerprint density at radius 1 is 1.28 bits per heavy atom. The summed E-state index contributed by atoms with van der Waals surface area (Å²) >= 11 is 2.27. The Labute approximate surface area is 118 Å². The van der Waals surface area contributed by atoms with Crippen LogP contribution in [0.25, 0.3) is 11.2 Å². The lowest BCUT2D eigenvalue weighted by Crippen LogP contribution is -2.03. The maximum Gasteiger partial charge on any atom is 0.177 e. The van der Waals surface area contributed by atoms with E-state index in [1.165, 1.54) is 0 Å². The normalized spacial score (nSPS) is 11.0. The van der Waals surface area contributed by atoms with E-state index in [-0.39, 0.29) is 0 Å². The van der Waals surface area contributed by atoms with Crippen LogP contribution in [0, 0.1) is 10.5 Å². The molecule has 3 aromatic heterocycles. The van der Waals surface area contributed by atoms with E-state index < -0.39 is 0 Å². The highest BCUT2D eigenvalue weighted by atomic mass is 127. The van der Waals surface area contributed by atoms with E-state index in [4.69, 9.17) is 0 Å². The van der Waals surface area contributed by atoms with E-state index in [2.05, 4.69) is 48.2 Å². The van der Waals surface area contributed by atoms with E-state index in [1.807, 2.05) is 37.5 Å². The second-order valence-electron chi connectivity index (χ2n) is 4.06. The summed E-state index contributed by atoms with van der Waals surface area (Å²) in [5, 5.41) is 0. The zero-order valence-electron chi connectivity index (χ0n) is 9.84. The molecule has 18 heavy (non-hydrogen) atoms. The summed E-state index contributed by atoms with van der Waals surface area (Å²) in [6.45, 7) is 2.72. The van der Waals surface area contributed by atoms with Crippen LogP contribution in [0.15, 0.2) is 36.7 Å². The first-order valence-corrected chi connectivity index (χ1v) is 6.70. The third-order valence-corrected chi connectivity index (χ3v) is 3.40. The number of aryl methyl sites for hydroxylation is 1. The van der Waals surface area contributed by atoms with Gasteiger partial charge >= 0.3 is 0 Å². The first-order valence-electron chi connectivity index (χ1n) is 5.62. The lowest BCUT2D eigenvalue weighted by molar-refractivity contribution is 0.764. The minimum absolute atomic E-state index is 0.727. The molecule has 0 saturated heterocycles. The minimum atomic E-state index is 0.727. The van der Waals surface area contributed by atoms with Crippen LogP contribution >= 0.6 is 22.6 Å². The Balaban J connectivity index is 2.11. The number of hydrogen-bond donors (Lipinski definition) is 0. The number of hydrogen-bond acceptors (Lipinski definition) is 3. The molecule has 0 fully saturated rings. The van der Waals surface area contributed by atoms with Crippen molar-refractivity contribution in [1.29, 1.82) is 0 Å². The summed E-state index contributed by atoms with van der Waals surface area (Å²) < 4.78 is 3.26. The summed E-state index contributed by atoms with van der Waals surface area (Å²) in [7, 11) is 0. The van der Waals surface area contributed by atoms with Crippen molar-refractivity contribution in [3.8, 4) is 0 Å². The highest BCUT2D eigenvalue weighted by Gasteiger charge is 2.09. The fourth-order valence-corrected chi connectivity index (χ4v) is 2.38. The Morgan fingerprint density at radius 3 is 2.94 bits per heavy atom. The Hall–Kier alpha value is -1.50. The standard InChI is InChI=1S/C13H11IN4/c1-9-17-13-12(6-10(14)7-16-13)18(9)8-11-4-2-3-5-15-11/h2-7H,8H2,1H3. The second-order valence-corrected chi connectivity index (χ2v) is 5.31. The van der Waals surface area contributed by atoms with Crippen molar-refractivity contribution < 1.29 is 0 Å². The first-order chi connectivity index (χ1) is 8.74. The van der Waals surface area contributed by atoms with Gasteiger partial charge in [-0.05, 0) is 47.7 Å². The van der Waals surface area contributed by atoms with Crippen LogP contribution in [0.3, 0.4) is 0 Å². The lowest BCUT2D eigenvalue weighted by Gasteiger charge is -2.05. The number of pyridine rings is 2. The highest BCUT2D eigenvalue weighted by molar-refractivity contribution is 14.1. The molecule has 0 spiro atoms. The van der Waals surface area contributed by atoms with Gasteiger partial charge in [0.15, 0.2) is 5.65 Å². The summed E-state index contributed by atoms with van der Waals surface area (Å²) in [5.41, 5.74) is 2.88. The molecule has 0 aliphatic rings. The number of fused-ring (bicyclic) bond motifs is 1. The molecule has 0 radical (unpaired) electrons. The van der Waals surface area contributed by atoms with Gasteiger partial charge in [-0.15, -0.1) is 0 Å². The topological polar surface area (TPSA) is 43.6 Å². The fourth-order valence-electron chi connectivity index (χ4n) is 1.95. The predicted molar refractivity (Wildman–Crippen MR) is 78.3 cm³/mol. The molecule has 5 heteroatoms. The van der Waals surface area contributed by atoms with E-state index in [9.17, 15) is 0 Å². The van der Waals surface area contributed by atoms with Crippen LogP contribution in [0.1, 0.15) is 11.5 Å². The molecule has 0 atom stereocenters. The SMILES string of the molecule is Cc1nc2ncc(I)cc2n1Cc1ccccn1. The molecule has 3 heterocycles. The number of aromatic nitrogens is 4. The molecule has 3 rings (SSSR count). The molecule has 0 aliphatic heterocycles. The lowest BCUT2D eigenvalue weighted by atomic mass is 10.3. The van der Waals surface area contributed by atoms with Crippen LogP contribution in [-0.4, -0.2) is 19.5 Å². The van der Waals surface area contributed by atoms with Crippen molar-refractivity contribution in [3.05, 3.63) is 51.7 Å². The van der Waals surface area contributed by atoms with Gasteiger partial charge in [-0.2, -0.15) is 0 Å². The molecule has 0 aromatic carbocycles. The number of imidazole rings is 1. The van der Waals surface area contributed by atoms with E-state index >= 15 is 0 Å². The van der Waals surface area contributed by atoms with E-state index in [0.29, 0.717) is 0 Å². The first kappa shape index (κ1) is 11.6.